The van der Waals surface area contributed by atoms with Crippen LogP contribution in [0.25, 0.3) is 11.2 Å². The first kappa shape index (κ1) is 13.9. The molecule has 0 aromatic carbocycles. The Morgan fingerprint density at radius 2 is 2.17 bits per heavy atom. The average molecular weight is 316 g/mol. The van der Waals surface area contributed by atoms with E-state index in [-0.39, 0.29) is 12.0 Å². The van der Waals surface area contributed by atoms with Gasteiger partial charge in [-0.2, -0.15) is 0 Å². The van der Waals surface area contributed by atoms with Gasteiger partial charge in [-0.25, -0.2) is 14.5 Å². The molecular weight excluding hydrogens is 300 g/mol. The summed E-state index contributed by atoms with van der Waals surface area (Å²) in [6.45, 7) is 1.47. The fraction of sp³-hybridized carbons (Fsp3) is 0.500. The summed E-state index contributed by atoms with van der Waals surface area (Å²) in [6, 6.07) is 1.69. The molecule has 2 aliphatic rings. The highest BCUT2D eigenvalue weighted by Crippen LogP contribution is 2.32. The molecule has 9 nitrogen and oxygen atoms in total. The second kappa shape index (κ2) is 4.64. The summed E-state index contributed by atoms with van der Waals surface area (Å²) in [5, 5.41) is 7.87. The average Bonchev–Trinajstić information content (AvgIpc) is 3.18. The van der Waals surface area contributed by atoms with Crippen LogP contribution in [0.3, 0.4) is 0 Å². The normalized spacial score (nSPS) is 24.0. The van der Waals surface area contributed by atoms with Crippen molar-refractivity contribution in [2.75, 3.05) is 26.7 Å². The van der Waals surface area contributed by atoms with E-state index < -0.39 is 5.60 Å². The maximum Gasteiger partial charge on any atom is 0.410 e. The number of nitrogens with zero attached hydrogens (tertiary/aromatic N) is 6. The van der Waals surface area contributed by atoms with Gasteiger partial charge in [0.05, 0.1) is 18.7 Å². The van der Waals surface area contributed by atoms with Gasteiger partial charge in [-0.15, -0.1) is 5.10 Å². The van der Waals surface area contributed by atoms with Crippen LogP contribution >= 0.6 is 0 Å². The highest BCUT2D eigenvalue weighted by atomic mass is 16.6. The van der Waals surface area contributed by atoms with E-state index >= 15 is 0 Å². The molecule has 1 spiro atoms. The summed E-state index contributed by atoms with van der Waals surface area (Å²) in [5.74, 6) is -0.132. The molecule has 4 heterocycles. The number of aromatic nitrogens is 4. The van der Waals surface area contributed by atoms with Gasteiger partial charge in [0.2, 0.25) is 0 Å². The number of aryl methyl sites for hydroxylation is 1. The first-order valence-corrected chi connectivity index (χ1v) is 7.36. The van der Waals surface area contributed by atoms with Gasteiger partial charge in [-0.05, 0) is 6.07 Å². The van der Waals surface area contributed by atoms with E-state index in [1.807, 2.05) is 0 Å². The molecule has 2 aliphatic heterocycles. The summed E-state index contributed by atoms with van der Waals surface area (Å²) in [6.07, 6.45) is 1.85. The van der Waals surface area contributed by atoms with Crippen molar-refractivity contribution in [3.05, 3.63) is 17.8 Å². The van der Waals surface area contributed by atoms with E-state index in [4.69, 9.17) is 4.74 Å². The molecule has 0 aliphatic carbocycles. The molecule has 0 N–H and O–H groups in total. The fourth-order valence-electron chi connectivity index (χ4n) is 3.25. The van der Waals surface area contributed by atoms with Crippen molar-refractivity contribution < 1.29 is 14.3 Å². The molecule has 120 valence electrons. The van der Waals surface area contributed by atoms with Crippen molar-refractivity contribution >= 4 is 23.2 Å². The lowest BCUT2D eigenvalue weighted by Gasteiger charge is -2.21. The standard InChI is InChI=1S/C14H16N6O3/c1-18-7-14(23-13(18)22)3-4-20(8-14)12(21)9-5-10-11(15-6-9)19(2)17-16-10/h5-6H,3-4,7-8H2,1-2H3. The summed E-state index contributed by atoms with van der Waals surface area (Å²) in [4.78, 5) is 31.8. The zero-order chi connectivity index (χ0) is 16.2. The lowest BCUT2D eigenvalue weighted by molar-refractivity contribution is 0.0553. The van der Waals surface area contributed by atoms with Crippen LogP contribution in [-0.2, 0) is 11.8 Å². The van der Waals surface area contributed by atoms with Gasteiger partial charge in [-0.1, -0.05) is 5.21 Å². The number of carbonyl (C=O) groups excluding carboxylic acids is 2. The number of pyridine rings is 1. The van der Waals surface area contributed by atoms with Crippen LogP contribution in [0.2, 0.25) is 0 Å². The van der Waals surface area contributed by atoms with Gasteiger partial charge in [0.15, 0.2) is 11.2 Å². The minimum absolute atomic E-state index is 0.132. The van der Waals surface area contributed by atoms with Crippen molar-refractivity contribution in [1.29, 1.82) is 0 Å². The Morgan fingerprint density at radius 1 is 1.35 bits per heavy atom. The minimum Gasteiger partial charge on any atom is -0.439 e. The zero-order valence-corrected chi connectivity index (χ0v) is 12.9. The third kappa shape index (κ3) is 2.11. The van der Waals surface area contributed by atoms with Crippen LogP contribution in [0, 0.1) is 0 Å². The molecule has 2 saturated heterocycles. The second-order valence-electron chi connectivity index (χ2n) is 6.16. The number of rotatable bonds is 1. The van der Waals surface area contributed by atoms with Gasteiger partial charge in [0.25, 0.3) is 5.91 Å². The number of likely N-dealkylation sites (N-methyl/N-ethyl adjacent to an activating group) is 1. The first-order chi connectivity index (χ1) is 11.0. The monoisotopic (exact) mass is 316 g/mol. The molecule has 2 aromatic rings. The number of hydrogen-bond donors (Lipinski definition) is 0. The Hall–Kier alpha value is -2.71. The van der Waals surface area contributed by atoms with Crippen LogP contribution in [0.1, 0.15) is 16.8 Å². The quantitative estimate of drug-likeness (QED) is 0.737. The van der Waals surface area contributed by atoms with Gasteiger partial charge in [-0.3, -0.25) is 4.79 Å². The molecule has 1 atom stereocenters. The number of hydrogen-bond acceptors (Lipinski definition) is 6. The molecule has 0 radical (unpaired) electrons. The zero-order valence-electron chi connectivity index (χ0n) is 12.9. The third-order valence-corrected chi connectivity index (χ3v) is 4.43. The molecule has 2 amide bonds. The van der Waals surface area contributed by atoms with Crippen LogP contribution in [0.5, 0.6) is 0 Å². The lowest BCUT2D eigenvalue weighted by Crippen LogP contribution is -2.39. The summed E-state index contributed by atoms with van der Waals surface area (Å²) < 4.78 is 7.02. The molecule has 2 aromatic heterocycles. The molecule has 23 heavy (non-hydrogen) atoms. The minimum atomic E-state index is -0.578. The molecule has 2 fully saturated rings. The predicted octanol–water partition coefficient (Wildman–Crippen LogP) is 0.0300. The number of carbonyl (C=O) groups is 2. The topological polar surface area (TPSA) is 93.5 Å². The fourth-order valence-corrected chi connectivity index (χ4v) is 3.25. The van der Waals surface area contributed by atoms with Crippen molar-refractivity contribution in [1.82, 2.24) is 29.8 Å². The summed E-state index contributed by atoms with van der Waals surface area (Å²) in [7, 11) is 3.45. The van der Waals surface area contributed by atoms with Crippen molar-refractivity contribution in [3.8, 4) is 0 Å². The van der Waals surface area contributed by atoms with Crippen LogP contribution in [0.15, 0.2) is 12.3 Å². The molecular formula is C14H16N6O3. The summed E-state index contributed by atoms with van der Waals surface area (Å²) in [5.41, 5.74) is 1.10. The highest BCUT2D eigenvalue weighted by Gasteiger charge is 2.49. The van der Waals surface area contributed by atoms with E-state index in [0.29, 0.717) is 42.8 Å². The largest absolute Gasteiger partial charge is 0.439 e. The van der Waals surface area contributed by atoms with Crippen molar-refractivity contribution in [2.45, 2.75) is 12.0 Å². The van der Waals surface area contributed by atoms with E-state index in [2.05, 4.69) is 15.3 Å². The van der Waals surface area contributed by atoms with E-state index in [9.17, 15) is 9.59 Å². The number of fused-ring (bicyclic) bond motifs is 1. The van der Waals surface area contributed by atoms with Gasteiger partial charge < -0.3 is 14.5 Å². The Bertz CT molecular complexity index is 818. The van der Waals surface area contributed by atoms with Crippen molar-refractivity contribution in [3.63, 3.8) is 0 Å². The van der Waals surface area contributed by atoms with E-state index in [1.165, 1.54) is 6.20 Å². The third-order valence-electron chi connectivity index (χ3n) is 4.43. The smallest absolute Gasteiger partial charge is 0.410 e. The molecule has 0 bridgehead atoms. The van der Waals surface area contributed by atoms with Crippen molar-refractivity contribution in [2.24, 2.45) is 7.05 Å². The van der Waals surface area contributed by atoms with E-state index in [0.717, 1.165) is 0 Å². The van der Waals surface area contributed by atoms with Crippen LogP contribution in [-0.4, -0.2) is 74.1 Å². The second-order valence-corrected chi connectivity index (χ2v) is 6.16. The maximum absolute atomic E-state index is 12.7. The Labute approximate surface area is 131 Å². The van der Waals surface area contributed by atoms with Gasteiger partial charge in [0, 0.05) is 33.3 Å². The highest BCUT2D eigenvalue weighted by molar-refractivity contribution is 5.96. The number of likely N-dealkylation sites (tertiary alicyclic amines) is 1. The van der Waals surface area contributed by atoms with E-state index in [1.54, 1.807) is 34.6 Å². The summed E-state index contributed by atoms with van der Waals surface area (Å²) >= 11 is 0. The van der Waals surface area contributed by atoms with Crippen LogP contribution < -0.4 is 0 Å². The maximum atomic E-state index is 12.7. The number of amides is 2. The molecule has 0 saturated carbocycles. The molecule has 1 unspecified atom stereocenters. The van der Waals surface area contributed by atoms with Gasteiger partial charge in [0.1, 0.15) is 5.52 Å². The Morgan fingerprint density at radius 3 is 2.91 bits per heavy atom. The molecule has 9 heteroatoms. The number of ether oxygens (including phenoxy) is 1. The lowest BCUT2D eigenvalue weighted by atomic mass is 10.0. The molecule has 4 rings (SSSR count). The predicted molar refractivity (Wildman–Crippen MR) is 78.7 cm³/mol. The van der Waals surface area contributed by atoms with Gasteiger partial charge >= 0.3 is 6.09 Å². The Balaban J connectivity index is 1.56. The Kier molecular flexibility index (Phi) is 2.81. The first-order valence-electron chi connectivity index (χ1n) is 7.36. The van der Waals surface area contributed by atoms with Crippen LogP contribution in [0.4, 0.5) is 4.79 Å². The SMILES string of the molecule is CN1CC2(CCN(C(=O)c3cnc4c(c3)nnn4C)C2)OC1=O.